The van der Waals surface area contributed by atoms with Crippen LogP contribution in [0.25, 0.3) is 27.8 Å². The SMILES string of the molecule is COc1ccc2nc(-n3nnc4ccccc43)cc(C)c2c1. The first kappa shape index (κ1) is 12.8. The molecule has 0 bridgehead atoms. The van der Waals surface area contributed by atoms with Gasteiger partial charge in [0.05, 0.1) is 18.1 Å². The Bertz CT molecular complexity index is 990. The molecule has 0 saturated heterocycles. The van der Waals surface area contributed by atoms with Gasteiger partial charge in [0.2, 0.25) is 0 Å². The molecule has 4 rings (SSSR count). The fourth-order valence-corrected chi connectivity index (χ4v) is 2.63. The smallest absolute Gasteiger partial charge is 0.156 e. The minimum atomic E-state index is 0.767. The van der Waals surface area contributed by atoms with Crippen molar-refractivity contribution in [1.82, 2.24) is 20.0 Å². The number of methoxy groups -OCH3 is 1. The quantitative estimate of drug-likeness (QED) is 0.568. The van der Waals surface area contributed by atoms with Gasteiger partial charge in [0.1, 0.15) is 11.3 Å². The van der Waals surface area contributed by atoms with Crippen LogP contribution in [0.1, 0.15) is 5.56 Å². The number of hydrogen-bond acceptors (Lipinski definition) is 4. The molecule has 0 fully saturated rings. The summed E-state index contributed by atoms with van der Waals surface area (Å²) in [5, 5.41) is 9.49. The first-order valence-corrected chi connectivity index (χ1v) is 7.02. The van der Waals surface area contributed by atoms with Crippen LogP contribution in [0.3, 0.4) is 0 Å². The van der Waals surface area contributed by atoms with Crippen LogP contribution in [0.4, 0.5) is 0 Å². The molecule has 0 atom stereocenters. The normalized spacial score (nSPS) is 11.2. The second kappa shape index (κ2) is 4.80. The molecular formula is C17H14N4O. The topological polar surface area (TPSA) is 52.8 Å². The van der Waals surface area contributed by atoms with Crippen molar-refractivity contribution in [3.63, 3.8) is 0 Å². The van der Waals surface area contributed by atoms with Crippen molar-refractivity contribution in [3.05, 3.63) is 54.1 Å². The predicted octanol–water partition coefficient (Wildman–Crippen LogP) is 3.29. The summed E-state index contributed by atoms with van der Waals surface area (Å²) in [6.45, 7) is 2.06. The molecule has 4 aromatic rings. The molecule has 2 aromatic carbocycles. The number of aromatic nitrogens is 4. The third kappa shape index (κ3) is 1.90. The van der Waals surface area contributed by atoms with Gasteiger partial charge in [-0.15, -0.1) is 5.10 Å². The van der Waals surface area contributed by atoms with E-state index in [2.05, 4.69) is 17.2 Å². The van der Waals surface area contributed by atoms with Crippen LogP contribution in [0.2, 0.25) is 0 Å². The van der Waals surface area contributed by atoms with Crippen LogP contribution < -0.4 is 4.74 Å². The molecule has 22 heavy (non-hydrogen) atoms. The van der Waals surface area contributed by atoms with Gasteiger partial charge in [-0.2, -0.15) is 4.68 Å². The van der Waals surface area contributed by atoms with Gasteiger partial charge in [-0.3, -0.25) is 0 Å². The van der Waals surface area contributed by atoms with Crippen LogP contribution in [0.5, 0.6) is 5.75 Å². The summed E-state index contributed by atoms with van der Waals surface area (Å²) in [5.74, 6) is 1.60. The highest BCUT2D eigenvalue weighted by atomic mass is 16.5. The molecule has 0 aliphatic rings. The maximum Gasteiger partial charge on any atom is 0.156 e. The lowest BCUT2D eigenvalue weighted by molar-refractivity contribution is 0.415. The first-order chi connectivity index (χ1) is 10.8. The number of benzene rings is 2. The number of para-hydroxylation sites is 1. The Hall–Kier alpha value is -2.95. The molecule has 0 unspecified atom stereocenters. The van der Waals surface area contributed by atoms with E-state index in [0.29, 0.717) is 0 Å². The van der Waals surface area contributed by atoms with Crippen LogP contribution in [-0.4, -0.2) is 27.1 Å². The Kier molecular flexibility index (Phi) is 2.79. The second-order valence-corrected chi connectivity index (χ2v) is 5.17. The first-order valence-electron chi connectivity index (χ1n) is 7.02. The minimum absolute atomic E-state index is 0.767. The highest BCUT2D eigenvalue weighted by molar-refractivity contribution is 5.85. The molecule has 0 aliphatic heterocycles. The Balaban J connectivity index is 1.96. The van der Waals surface area contributed by atoms with E-state index in [4.69, 9.17) is 9.72 Å². The summed E-state index contributed by atoms with van der Waals surface area (Å²) in [4.78, 5) is 4.71. The maximum absolute atomic E-state index is 5.28. The number of hydrogen-bond donors (Lipinski definition) is 0. The van der Waals surface area contributed by atoms with Gasteiger partial charge in [0, 0.05) is 5.39 Å². The number of pyridine rings is 1. The zero-order valence-corrected chi connectivity index (χ0v) is 12.3. The number of ether oxygens (including phenoxy) is 1. The van der Waals surface area contributed by atoms with Crippen molar-refractivity contribution < 1.29 is 4.74 Å². The van der Waals surface area contributed by atoms with Crippen LogP contribution in [0.15, 0.2) is 48.5 Å². The van der Waals surface area contributed by atoms with Crippen molar-refractivity contribution in [2.45, 2.75) is 6.92 Å². The number of aryl methyl sites for hydroxylation is 1. The largest absolute Gasteiger partial charge is 0.497 e. The third-order valence-corrected chi connectivity index (χ3v) is 3.78. The number of nitrogens with zero attached hydrogens (tertiary/aromatic N) is 4. The van der Waals surface area contributed by atoms with Crippen molar-refractivity contribution >= 4 is 21.9 Å². The van der Waals surface area contributed by atoms with E-state index in [1.54, 1.807) is 11.8 Å². The lowest BCUT2D eigenvalue weighted by Gasteiger charge is -2.08. The van der Waals surface area contributed by atoms with Crippen LogP contribution in [0, 0.1) is 6.92 Å². The second-order valence-electron chi connectivity index (χ2n) is 5.17. The van der Waals surface area contributed by atoms with Crippen molar-refractivity contribution in [2.75, 3.05) is 7.11 Å². The lowest BCUT2D eigenvalue weighted by Crippen LogP contribution is -2.01. The van der Waals surface area contributed by atoms with Gasteiger partial charge in [-0.1, -0.05) is 17.3 Å². The molecule has 108 valence electrons. The Morgan fingerprint density at radius 3 is 2.73 bits per heavy atom. The monoisotopic (exact) mass is 290 g/mol. The van der Waals surface area contributed by atoms with Gasteiger partial charge < -0.3 is 4.74 Å². The lowest BCUT2D eigenvalue weighted by atomic mass is 10.1. The van der Waals surface area contributed by atoms with Gasteiger partial charge >= 0.3 is 0 Å². The molecule has 0 N–H and O–H groups in total. The molecule has 5 heteroatoms. The van der Waals surface area contributed by atoms with E-state index < -0.39 is 0 Å². The molecule has 0 spiro atoms. The van der Waals surface area contributed by atoms with Crippen molar-refractivity contribution in [1.29, 1.82) is 0 Å². The van der Waals surface area contributed by atoms with E-state index in [9.17, 15) is 0 Å². The summed E-state index contributed by atoms with van der Waals surface area (Å²) in [7, 11) is 1.67. The zero-order chi connectivity index (χ0) is 15.1. The van der Waals surface area contributed by atoms with Gasteiger partial charge in [0.15, 0.2) is 5.82 Å². The fourth-order valence-electron chi connectivity index (χ4n) is 2.63. The summed E-state index contributed by atoms with van der Waals surface area (Å²) in [6, 6.07) is 15.8. The molecule has 0 radical (unpaired) electrons. The van der Waals surface area contributed by atoms with E-state index >= 15 is 0 Å². The zero-order valence-electron chi connectivity index (χ0n) is 12.3. The summed E-state index contributed by atoms with van der Waals surface area (Å²) in [6.07, 6.45) is 0. The van der Waals surface area contributed by atoms with E-state index in [1.807, 2.05) is 48.5 Å². The molecule has 0 saturated carbocycles. The summed E-state index contributed by atoms with van der Waals surface area (Å²) < 4.78 is 7.05. The van der Waals surface area contributed by atoms with E-state index in [0.717, 1.165) is 39.1 Å². The standard InChI is InChI=1S/C17H14N4O/c1-11-9-17(18-14-8-7-12(22-2)10-13(11)14)21-16-6-4-3-5-15(16)19-20-21/h3-10H,1-2H3. The maximum atomic E-state index is 5.28. The number of rotatable bonds is 2. The van der Waals surface area contributed by atoms with Crippen LogP contribution in [-0.2, 0) is 0 Å². The Morgan fingerprint density at radius 1 is 1.00 bits per heavy atom. The van der Waals surface area contributed by atoms with Crippen LogP contribution >= 0.6 is 0 Å². The van der Waals surface area contributed by atoms with Gasteiger partial charge in [0.25, 0.3) is 0 Å². The Labute approximate surface area is 127 Å². The van der Waals surface area contributed by atoms with Crippen molar-refractivity contribution in [2.24, 2.45) is 0 Å². The highest BCUT2D eigenvalue weighted by Crippen LogP contribution is 2.25. The van der Waals surface area contributed by atoms with Gasteiger partial charge in [-0.05, 0) is 48.9 Å². The fraction of sp³-hybridized carbons (Fsp3) is 0.118. The minimum Gasteiger partial charge on any atom is -0.497 e. The molecule has 0 amide bonds. The highest BCUT2D eigenvalue weighted by Gasteiger charge is 2.10. The molecule has 5 nitrogen and oxygen atoms in total. The average molecular weight is 290 g/mol. The molecule has 2 heterocycles. The predicted molar refractivity (Wildman–Crippen MR) is 85.5 cm³/mol. The summed E-state index contributed by atoms with van der Waals surface area (Å²) in [5.41, 5.74) is 3.84. The third-order valence-electron chi connectivity index (χ3n) is 3.78. The molecule has 0 aliphatic carbocycles. The van der Waals surface area contributed by atoms with Crippen molar-refractivity contribution in [3.8, 4) is 11.6 Å². The average Bonchev–Trinajstić information content (AvgIpc) is 2.98. The number of fused-ring (bicyclic) bond motifs is 2. The molecular weight excluding hydrogens is 276 g/mol. The summed E-state index contributed by atoms with van der Waals surface area (Å²) >= 11 is 0. The Morgan fingerprint density at radius 2 is 1.86 bits per heavy atom. The van der Waals surface area contributed by atoms with E-state index in [1.165, 1.54) is 0 Å². The van der Waals surface area contributed by atoms with Gasteiger partial charge in [-0.25, -0.2) is 4.98 Å². The van der Waals surface area contributed by atoms with E-state index in [-0.39, 0.29) is 0 Å². The molecule has 2 aromatic heterocycles.